The summed E-state index contributed by atoms with van der Waals surface area (Å²) in [6.45, 7) is 0.340. The van der Waals surface area contributed by atoms with E-state index in [-0.39, 0.29) is 17.3 Å². The van der Waals surface area contributed by atoms with Gasteiger partial charge in [0.15, 0.2) is 0 Å². The molecule has 10 heteroatoms. The van der Waals surface area contributed by atoms with Crippen LogP contribution in [-0.4, -0.2) is 29.9 Å². The van der Waals surface area contributed by atoms with Gasteiger partial charge in [0.25, 0.3) is 0 Å². The van der Waals surface area contributed by atoms with Gasteiger partial charge in [0.1, 0.15) is 11.8 Å². The number of nitrogens with zero attached hydrogens (tertiary/aromatic N) is 6. The minimum absolute atomic E-state index is 0.0438. The van der Waals surface area contributed by atoms with Crippen LogP contribution in [0.5, 0.6) is 0 Å². The van der Waals surface area contributed by atoms with Crippen LogP contribution in [0, 0.1) is 10.1 Å². The van der Waals surface area contributed by atoms with Crippen molar-refractivity contribution in [3.63, 3.8) is 0 Å². The van der Waals surface area contributed by atoms with Crippen LogP contribution in [0.25, 0.3) is 16.9 Å². The Hall–Kier alpha value is -3.59. The summed E-state index contributed by atoms with van der Waals surface area (Å²) < 4.78 is 1.34. The molecule has 2 heterocycles. The topological polar surface area (TPSA) is 112 Å². The molecule has 2 aromatic carbocycles. The average Bonchev–Trinajstić information content (AvgIpc) is 3.11. The zero-order valence-electron chi connectivity index (χ0n) is 13.8. The number of aromatic nitrogens is 5. The van der Waals surface area contributed by atoms with Crippen LogP contribution in [0.15, 0.2) is 54.9 Å². The van der Waals surface area contributed by atoms with E-state index in [1.807, 2.05) is 18.2 Å². The highest BCUT2D eigenvalue weighted by molar-refractivity contribution is 6.30. The summed E-state index contributed by atoms with van der Waals surface area (Å²) in [5.74, 6) is 0.141. The summed E-state index contributed by atoms with van der Waals surface area (Å²) in [5, 5.41) is 23.4. The van der Waals surface area contributed by atoms with E-state index >= 15 is 0 Å². The number of anilines is 1. The highest BCUT2D eigenvalue weighted by atomic mass is 35.5. The third kappa shape index (κ3) is 3.27. The lowest BCUT2D eigenvalue weighted by molar-refractivity contribution is -0.384. The summed E-state index contributed by atoms with van der Waals surface area (Å²) >= 11 is 5.88. The third-order valence-electron chi connectivity index (χ3n) is 3.91. The Morgan fingerprint density at radius 3 is 2.67 bits per heavy atom. The van der Waals surface area contributed by atoms with Gasteiger partial charge in [-0.15, -0.1) is 5.10 Å². The molecular weight excluding hydrogens is 370 g/mol. The Morgan fingerprint density at radius 1 is 1.11 bits per heavy atom. The van der Waals surface area contributed by atoms with Crippen LogP contribution in [-0.2, 0) is 6.54 Å². The lowest BCUT2D eigenvalue weighted by Gasteiger charge is -2.09. The number of hydrogen-bond acceptors (Lipinski definition) is 7. The van der Waals surface area contributed by atoms with Crippen LogP contribution >= 0.6 is 11.6 Å². The second-order valence-corrected chi connectivity index (χ2v) is 6.06. The van der Waals surface area contributed by atoms with Gasteiger partial charge in [-0.25, -0.2) is 9.97 Å². The predicted molar refractivity (Wildman–Crippen MR) is 99.9 cm³/mol. The standard InChI is InChI=1S/C17H12ClN7O2/c18-12-7-5-11(6-8-12)9-19-16-15(25(26)27)17(21-10-20-16)24-14-4-2-1-3-13(14)22-23-24/h1-8,10H,9H2,(H,19,20,21). The number of fused-ring (bicyclic) bond motifs is 1. The lowest BCUT2D eigenvalue weighted by atomic mass is 10.2. The number of para-hydroxylation sites is 1. The van der Waals surface area contributed by atoms with E-state index in [0.717, 1.165) is 5.56 Å². The average molecular weight is 382 g/mol. The van der Waals surface area contributed by atoms with Crippen LogP contribution in [0.3, 0.4) is 0 Å². The Bertz CT molecular complexity index is 1130. The number of nitro groups is 1. The van der Waals surface area contributed by atoms with E-state index in [2.05, 4.69) is 25.6 Å². The van der Waals surface area contributed by atoms with E-state index in [4.69, 9.17) is 11.6 Å². The van der Waals surface area contributed by atoms with Crippen LogP contribution in [0.2, 0.25) is 5.02 Å². The molecule has 4 rings (SSSR count). The Kier molecular flexibility index (Phi) is 4.35. The van der Waals surface area contributed by atoms with Gasteiger partial charge in [0.05, 0.1) is 10.4 Å². The molecule has 0 fully saturated rings. The molecule has 0 bridgehead atoms. The first-order valence-electron chi connectivity index (χ1n) is 7.92. The molecule has 27 heavy (non-hydrogen) atoms. The number of hydrogen-bond donors (Lipinski definition) is 1. The molecule has 9 nitrogen and oxygen atoms in total. The van der Waals surface area contributed by atoms with Crippen molar-refractivity contribution in [3.8, 4) is 5.82 Å². The normalized spacial score (nSPS) is 10.9. The minimum Gasteiger partial charge on any atom is -0.360 e. The van der Waals surface area contributed by atoms with Gasteiger partial charge < -0.3 is 5.32 Å². The van der Waals surface area contributed by atoms with Crippen molar-refractivity contribution in [3.05, 3.63) is 75.6 Å². The second kappa shape index (κ2) is 6.96. The van der Waals surface area contributed by atoms with Crippen molar-refractivity contribution in [2.45, 2.75) is 6.54 Å². The van der Waals surface area contributed by atoms with Gasteiger partial charge in [-0.3, -0.25) is 10.1 Å². The van der Waals surface area contributed by atoms with E-state index in [0.29, 0.717) is 22.6 Å². The van der Waals surface area contributed by atoms with Crippen LogP contribution in [0.1, 0.15) is 5.56 Å². The van der Waals surface area contributed by atoms with Crippen molar-refractivity contribution >= 4 is 34.1 Å². The summed E-state index contributed by atoms with van der Waals surface area (Å²) in [5.41, 5.74) is 1.85. The van der Waals surface area contributed by atoms with Crippen molar-refractivity contribution in [2.75, 3.05) is 5.32 Å². The smallest absolute Gasteiger partial charge is 0.355 e. The van der Waals surface area contributed by atoms with Crippen molar-refractivity contribution in [1.29, 1.82) is 0 Å². The first-order chi connectivity index (χ1) is 13.1. The van der Waals surface area contributed by atoms with Gasteiger partial charge >= 0.3 is 5.69 Å². The lowest BCUT2D eigenvalue weighted by Crippen LogP contribution is -2.10. The maximum Gasteiger partial charge on any atom is 0.355 e. The fourth-order valence-electron chi connectivity index (χ4n) is 2.64. The molecule has 0 aliphatic rings. The molecule has 134 valence electrons. The SMILES string of the molecule is O=[N+]([O-])c1c(NCc2ccc(Cl)cc2)ncnc1-n1nnc2ccccc21. The summed E-state index contributed by atoms with van der Waals surface area (Å²) in [6.07, 6.45) is 1.25. The zero-order chi connectivity index (χ0) is 18.8. The number of nitrogens with one attached hydrogen (secondary N) is 1. The molecule has 0 spiro atoms. The molecule has 0 unspecified atom stereocenters. The van der Waals surface area contributed by atoms with Crippen LogP contribution in [0.4, 0.5) is 11.5 Å². The highest BCUT2D eigenvalue weighted by Crippen LogP contribution is 2.29. The Balaban J connectivity index is 1.74. The number of benzene rings is 2. The van der Waals surface area contributed by atoms with Crippen LogP contribution < -0.4 is 5.32 Å². The quantitative estimate of drug-likeness (QED) is 0.416. The maximum absolute atomic E-state index is 11.7. The number of rotatable bonds is 5. The first-order valence-corrected chi connectivity index (χ1v) is 8.30. The zero-order valence-corrected chi connectivity index (χ0v) is 14.5. The maximum atomic E-state index is 11.7. The second-order valence-electron chi connectivity index (χ2n) is 5.62. The summed E-state index contributed by atoms with van der Waals surface area (Å²) in [7, 11) is 0. The van der Waals surface area contributed by atoms with Gasteiger partial charge in [-0.1, -0.05) is 41.1 Å². The largest absolute Gasteiger partial charge is 0.360 e. The molecule has 2 aromatic heterocycles. The molecule has 4 aromatic rings. The minimum atomic E-state index is -0.532. The van der Waals surface area contributed by atoms with E-state index in [9.17, 15) is 10.1 Å². The summed E-state index contributed by atoms with van der Waals surface area (Å²) in [6, 6.07) is 14.3. The fraction of sp³-hybridized carbons (Fsp3) is 0.0588. The van der Waals surface area contributed by atoms with Gasteiger partial charge in [0.2, 0.25) is 11.6 Å². The fourth-order valence-corrected chi connectivity index (χ4v) is 2.76. The summed E-state index contributed by atoms with van der Waals surface area (Å²) in [4.78, 5) is 19.3. The van der Waals surface area contributed by atoms with Gasteiger partial charge in [0, 0.05) is 11.6 Å². The molecule has 0 aliphatic carbocycles. The third-order valence-corrected chi connectivity index (χ3v) is 4.16. The Labute approximate surface area is 157 Å². The van der Waals surface area contributed by atoms with Crippen molar-refractivity contribution in [2.24, 2.45) is 0 Å². The monoisotopic (exact) mass is 381 g/mol. The molecule has 1 N–H and O–H groups in total. The molecular formula is C17H12ClN7O2. The van der Waals surface area contributed by atoms with Crippen molar-refractivity contribution < 1.29 is 4.92 Å². The van der Waals surface area contributed by atoms with E-state index in [1.54, 1.807) is 30.3 Å². The number of halogens is 1. The van der Waals surface area contributed by atoms with E-state index < -0.39 is 4.92 Å². The van der Waals surface area contributed by atoms with Crippen molar-refractivity contribution in [1.82, 2.24) is 25.0 Å². The molecule has 0 amide bonds. The highest BCUT2D eigenvalue weighted by Gasteiger charge is 2.26. The van der Waals surface area contributed by atoms with Gasteiger partial charge in [-0.2, -0.15) is 4.68 Å². The Morgan fingerprint density at radius 2 is 1.89 bits per heavy atom. The molecule has 0 saturated heterocycles. The predicted octanol–water partition coefficient (Wildman–Crippen LogP) is 3.38. The van der Waals surface area contributed by atoms with E-state index in [1.165, 1.54) is 11.0 Å². The molecule has 0 radical (unpaired) electrons. The first kappa shape index (κ1) is 16.9. The van der Waals surface area contributed by atoms with Gasteiger partial charge in [-0.05, 0) is 29.8 Å². The molecule has 0 aliphatic heterocycles. The molecule has 0 saturated carbocycles. The molecule has 0 atom stereocenters.